The van der Waals surface area contributed by atoms with Crippen molar-refractivity contribution in [3.8, 4) is 0 Å². The zero-order valence-corrected chi connectivity index (χ0v) is 15.3. The van der Waals surface area contributed by atoms with Gasteiger partial charge in [0.15, 0.2) is 0 Å². The van der Waals surface area contributed by atoms with E-state index in [0.29, 0.717) is 11.7 Å². The molecule has 3 aromatic rings. The maximum atomic E-state index is 11.4. The van der Waals surface area contributed by atoms with E-state index in [1.807, 2.05) is 12.1 Å². The topological polar surface area (TPSA) is 77.0 Å². The van der Waals surface area contributed by atoms with Crippen LogP contribution in [0.2, 0.25) is 0 Å². The van der Waals surface area contributed by atoms with Crippen LogP contribution in [0.1, 0.15) is 43.1 Å². The van der Waals surface area contributed by atoms with Crippen molar-refractivity contribution in [1.82, 2.24) is 14.5 Å². The third-order valence-corrected chi connectivity index (χ3v) is 4.86. The number of primary amides is 1. The van der Waals surface area contributed by atoms with Crippen molar-refractivity contribution in [3.05, 3.63) is 54.1 Å². The van der Waals surface area contributed by atoms with Gasteiger partial charge in [-0.3, -0.25) is 9.78 Å². The first kappa shape index (κ1) is 16.6. The van der Waals surface area contributed by atoms with Crippen LogP contribution in [0.15, 0.2) is 42.6 Å². The maximum Gasteiger partial charge on any atom is 0.267 e. The number of amides is 1. The number of benzene rings is 1. The van der Waals surface area contributed by atoms with Gasteiger partial charge in [-0.15, -0.1) is 0 Å². The molecular formula is C20H23N5O. The molecule has 0 atom stereocenters. The average molecular weight is 349 g/mol. The van der Waals surface area contributed by atoms with Gasteiger partial charge in [0.1, 0.15) is 11.5 Å². The summed E-state index contributed by atoms with van der Waals surface area (Å²) in [6.07, 6.45) is 1.63. The molecular weight excluding hydrogens is 326 g/mol. The molecule has 0 unspecified atom stereocenters. The Balaban J connectivity index is 1.65. The van der Waals surface area contributed by atoms with E-state index in [1.165, 1.54) is 5.52 Å². The summed E-state index contributed by atoms with van der Waals surface area (Å²) in [7, 11) is 0. The largest absolute Gasteiger partial charge is 0.367 e. The number of carbonyl (C=O) groups excluding carboxylic acids is 1. The summed E-state index contributed by atoms with van der Waals surface area (Å²) in [6, 6.07) is 12.3. The van der Waals surface area contributed by atoms with Crippen LogP contribution in [0.3, 0.4) is 0 Å². The molecule has 2 N–H and O–H groups in total. The summed E-state index contributed by atoms with van der Waals surface area (Å²) in [5, 5.41) is 0. The van der Waals surface area contributed by atoms with E-state index in [2.05, 4.69) is 53.4 Å². The van der Waals surface area contributed by atoms with Crippen LogP contribution in [0, 0.1) is 0 Å². The molecule has 1 aliphatic rings. The molecule has 6 nitrogen and oxygen atoms in total. The minimum absolute atomic E-state index is 0.0325. The van der Waals surface area contributed by atoms with Gasteiger partial charge in [-0.25, -0.2) is 4.98 Å². The molecule has 3 heterocycles. The van der Waals surface area contributed by atoms with Gasteiger partial charge in [-0.1, -0.05) is 32.9 Å². The molecule has 6 heteroatoms. The smallest absolute Gasteiger partial charge is 0.267 e. The second kappa shape index (κ2) is 5.83. The van der Waals surface area contributed by atoms with E-state index in [0.717, 1.165) is 30.1 Å². The lowest BCUT2D eigenvalue weighted by molar-refractivity contribution is 0.0995. The molecule has 1 amide bonds. The molecule has 1 aromatic carbocycles. The van der Waals surface area contributed by atoms with Crippen LogP contribution in [-0.2, 0) is 5.41 Å². The van der Waals surface area contributed by atoms with E-state index < -0.39 is 5.91 Å². The Hall–Kier alpha value is -2.89. The first-order valence-corrected chi connectivity index (χ1v) is 8.83. The fraction of sp³-hybridized carbons (Fsp3) is 0.350. The molecule has 0 radical (unpaired) electrons. The van der Waals surface area contributed by atoms with Gasteiger partial charge in [0.05, 0.1) is 17.1 Å². The Kier molecular flexibility index (Phi) is 3.72. The van der Waals surface area contributed by atoms with Gasteiger partial charge in [0.25, 0.3) is 5.91 Å². The lowest BCUT2D eigenvalue weighted by Crippen LogP contribution is -2.48. The highest BCUT2D eigenvalue weighted by molar-refractivity contribution is 5.91. The van der Waals surface area contributed by atoms with Crippen LogP contribution in [0.4, 0.5) is 5.69 Å². The second-order valence-corrected chi connectivity index (χ2v) is 7.87. The summed E-state index contributed by atoms with van der Waals surface area (Å²) < 4.78 is 2.38. The van der Waals surface area contributed by atoms with Crippen molar-refractivity contribution in [2.45, 2.75) is 32.2 Å². The molecule has 0 bridgehead atoms. The molecule has 26 heavy (non-hydrogen) atoms. The van der Waals surface area contributed by atoms with Gasteiger partial charge in [0.2, 0.25) is 0 Å². The van der Waals surface area contributed by atoms with Crippen molar-refractivity contribution in [1.29, 1.82) is 0 Å². The molecule has 1 aliphatic heterocycles. The molecule has 2 aromatic heterocycles. The number of hydrogen-bond donors (Lipinski definition) is 1. The number of anilines is 1. The van der Waals surface area contributed by atoms with Crippen LogP contribution < -0.4 is 10.6 Å². The quantitative estimate of drug-likeness (QED) is 0.789. The van der Waals surface area contributed by atoms with Crippen LogP contribution in [0.25, 0.3) is 11.0 Å². The Morgan fingerprint density at radius 1 is 1.19 bits per heavy atom. The van der Waals surface area contributed by atoms with Crippen LogP contribution in [0.5, 0.6) is 0 Å². The van der Waals surface area contributed by atoms with Crippen molar-refractivity contribution in [2.24, 2.45) is 5.73 Å². The number of hydrogen-bond acceptors (Lipinski definition) is 4. The minimum Gasteiger partial charge on any atom is -0.367 e. The first-order chi connectivity index (χ1) is 12.3. The highest BCUT2D eigenvalue weighted by atomic mass is 16.1. The van der Waals surface area contributed by atoms with E-state index in [9.17, 15) is 4.79 Å². The highest BCUT2D eigenvalue weighted by Crippen LogP contribution is 2.35. The minimum atomic E-state index is -0.500. The monoisotopic (exact) mass is 349 g/mol. The summed E-state index contributed by atoms with van der Waals surface area (Å²) in [5.74, 6) is 0.607. The Morgan fingerprint density at radius 2 is 1.92 bits per heavy atom. The predicted octanol–water partition coefficient (Wildman–Crippen LogP) is 2.89. The molecule has 0 aliphatic carbocycles. The normalized spacial score (nSPS) is 15.3. The number of rotatable bonds is 3. The van der Waals surface area contributed by atoms with Crippen molar-refractivity contribution in [2.75, 3.05) is 18.0 Å². The van der Waals surface area contributed by atoms with Crippen molar-refractivity contribution in [3.63, 3.8) is 0 Å². The first-order valence-electron chi connectivity index (χ1n) is 8.83. The number of imidazole rings is 1. The number of nitrogens with zero attached hydrogens (tertiary/aromatic N) is 4. The van der Waals surface area contributed by atoms with E-state index in [-0.39, 0.29) is 5.41 Å². The average Bonchev–Trinajstić information content (AvgIpc) is 2.94. The van der Waals surface area contributed by atoms with E-state index in [1.54, 1.807) is 12.3 Å². The van der Waals surface area contributed by atoms with Gasteiger partial charge >= 0.3 is 0 Å². The molecule has 1 saturated heterocycles. The molecule has 0 saturated carbocycles. The fourth-order valence-corrected chi connectivity index (χ4v) is 3.52. The van der Waals surface area contributed by atoms with Gasteiger partial charge < -0.3 is 15.2 Å². The maximum absolute atomic E-state index is 11.4. The zero-order valence-electron chi connectivity index (χ0n) is 15.3. The summed E-state index contributed by atoms with van der Waals surface area (Å²) in [6.45, 7) is 8.33. The summed E-state index contributed by atoms with van der Waals surface area (Å²) in [5.41, 5.74) is 8.80. The number of aromatic nitrogens is 3. The number of fused-ring (bicyclic) bond motifs is 1. The Labute approximate surface area is 152 Å². The Morgan fingerprint density at radius 3 is 2.62 bits per heavy atom. The predicted molar refractivity (Wildman–Crippen MR) is 102 cm³/mol. The van der Waals surface area contributed by atoms with Crippen LogP contribution in [-0.4, -0.2) is 33.5 Å². The third-order valence-electron chi connectivity index (χ3n) is 4.86. The van der Waals surface area contributed by atoms with Gasteiger partial charge in [0, 0.05) is 30.4 Å². The second-order valence-electron chi connectivity index (χ2n) is 7.87. The van der Waals surface area contributed by atoms with Gasteiger partial charge in [-0.2, -0.15) is 0 Å². The summed E-state index contributed by atoms with van der Waals surface area (Å²) >= 11 is 0. The third kappa shape index (κ3) is 2.71. The molecule has 4 rings (SSSR count). The SMILES string of the molecule is CC(C)(C)c1nc2ccccc2n1C1CN(c2ccnc(C(N)=O)c2)C1. The summed E-state index contributed by atoms with van der Waals surface area (Å²) in [4.78, 5) is 22.5. The number of para-hydroxylation sites is 2. The van der Waals surface area contributed by atoms with E-state index >= 15 is 0 Å². The van der Waals surface area contributed by atoms with Gasteiger partial charge in [-0.05, 0) is 24.3 Å². The lowest BCUT2D eigenvalue weighted by Gasteiger charge is -2.43. The highest BCUT2D eigenvalue weighted by Gasteiger charge is 2.34. The number of carbonyl (C=O) groups is 1. The zero-order chi connectivity index (χ0) is 18.5. The number of nitrogens with two attached hydrogens (primary N) is 1. The number of pyridine rings is 1. The lowest BCUT2D eigenvalue weighted by atomic mass is 9.94. The standard InChI is InChI=1S/C20H23N5O/c1-20(2,3)19-23-15-6-4-5-7-17(15)25(19)14-11-24(12-14)13-8-9-22-16(10-13)18(21)26/h4-10,14H,11-12H2,1-3H3,(H2,21,26). The van der Waals surface area contributed by atoms with E-state index in [4.69, 9.17) is 10.7 Å². The molecule has 1 fully saturated rings. The van der Waals surface area contributed by atoms with Crippen LogP contribution >= 0.6 is 0 Å². The van der Waals surface area contributed by atoms with Crippen molar-refractivity contribution >= 4 is 22.6 Å². The molecule has 0 spiro atoms. The molecule has 134 valence electrons. The fourth-order valence-electron chi connectivity index (χ4n) is 3.52. The Bertz CT molecular complexity index is 979. The van der Waals surface area contributed by atoms with Crippen molar-refractivity contribution < 1.29 is 4.79 Å².